The van der Waals surface area contributed by atoms with Crippen molar-refractivity contribution in [2.45, 2.75) is 72.1 Å². The van der Waals surface area contributed by atoms with Gasteiger partial charge in [-0.25, -0.2) is 0 Å². The quantitative estimate of drug-likeness (QED) is 0.679. The Labute approximate surface area is 119 Å². The summed E-state index contributed by atoms with van der Waals surface area (Å²) >= 11 is 0. The van der Waals surface area contributed by atoms with E-state index in [1.807, 2.05) is 4.90 Å². The molecular formula is C16H33NO2. The minimum absolute atomic E-state index is 0.972. The third-order valence-electron chi connectivity index (χ3n) is 3.76. The molecule has 1 aliphatic rings. The molecule has 1 rings (SSSR count). The molecule has 2 unspecified atom stereocenters. The molecule has 0 aromatic heterocycles. The number of carboxylic acid groups (broad SMARTS) is 1. The number of carbonyl (C=O) groups excluding carboxylic acids is 1. The zero-order chi connectivity index (χ0) is 14.5. The van der Waals surface area contributed by atoms with Gasteiger partial charge in [-0.3, -0.25) is 0 Å². The van der Waals surface area contributed by atoms with Gasteiger partial charge in [-0.05, 0) is 19.8 Å². The van der Waals surface area contributed by atoms with Crippen molar-refractivity contribution in [3.05, 3.63) is 0 Å². The van der Waals surface area contributed by atoms with Crippen LogP contribution in [0.5, 0.6) is 0 Å². The molecule has 3 nitrogen and oxygen atoms in total. The van der Waals surface area contributed by atoms with E-state index in [4.69, 9.17) is 9.90 Å². The van der Waals surface area contributed by atoms with Gasteiger partial charge in [-0.1, -0.05) is 46.0 Å². The Bertz CT molecular complexity index is 215. The molecule has 114 valence electrons. The molecule has 2 atom stereocenters. The molecule has 0 bridgehead atoms. The first kappa shape index (κ1) is 18.4. The molecule has 19 heavy (non-hydrogen) atoms. The van der Waals surface area contributed by atoms with Crippen molar-refractivity contribution in [2.24, 2.45) is 5.92 Å². The number of rotatable bonds is 8. The summed E-state index contributed by atoms with van der Waals surface area (Å²) in [5.74, 6) is -0.0930. The lowest BCUT2D eigenvalue weighted by molar-refractivity contribution is -0.889. The Morgan fingerprint density at radius 1 is 1.16 bits per heavy atom. The molecule has 0 aromatic carbocycles. The number of carbonyl (C=O) groups is 1. The normalized spacial score (nSPS) is 21.8. The van der Waals surface area contributed by atoms with Crippen LogP contribution in [-0.4, -0.2) is 25.6 Å². The highest BCUT2D eigenvalue weighted by Crippen LogP contribution is 2.06. The minimum Gasteiger partial charge on any atom is -0.550 e. The van der Waals surface area contributed by atoms with E-state index in [0.29, 0.717) is 0 Å². The van der Waals surface area contributed by atoms with Crippen molar-refractivity contribution in [1.82, 2.24) is 0 Å². The van der Waals surface area contributed by atoms with Crippen molar-refractivity contribution in [2.75, 3.05) is 19.6 Å². The maximum Gasteiger partial charge on any atom is 0.0799 e. The van der Waals surface area contributed by atoms with Gasteiger partial charge in [-0.15, -0.1) is 0 Å². The number of likely N-dealkylation sites (tertiary alicyclic amines) is 1. The first-order chi connectivity index (χ1) is 9.06. The summed E-state index contributed by atoms with van der Waals surface area (Å²) in [6, 6.07) is 0. The van der Waals surface area contributed by atoms with E-state index in [1.54, 1.807) is 0 Å². The Morgan fingerprint density at radius 2 is 1.68 bits per heavy atom. The van der Waals surface area contributed by atoms with Gasteiger partial charge in [0, 0.05) is 18.3 Å². The molecule has 0 spiro atoms. The number of hydrogen-bond donors (Lipinski definition) is 1. The van der Waals surface area contributed by atoms with Gasteiger partial charge in [0.2, 0.25) is 0 Å². The van der Waals surface area contributed by atoms with Gasteiger partial charge >= 0.3 is 0 Å². The summed E-state index contributed by atoms with van der Waals surface area (Å²) < 4.78 is 0. The molecule has 1 aliphatic heterocycles. The summed E-state index contributed by atoms with van der Waals surface area (Å²) in [6.07, 6.45) is 11.6. The Morgan fingerprint density at radius 3 is 2.16 bits per heavy atom. The molecule has 0 saturated carbocycles. The second-order valence-corrected chi connectivity index (χ2v) is 5.96. The number of nitrogens with one attached hydrogen (secondary N) is 1. The zero-order valence-electron chi connectivity index (χ0n) is 13.2. The van der Waals surface area contributed by atoms with E-state index in [9.17, 15) is 0 Å². The molecule has 1 fully saturated rings. The molecule has 1 N–H and O–H groups in total. The van der Waals surface area contributed by atoms with Crippen LogP contribution in [0.1, 0.15) is 72.1 Å². The van der Waals surface area contributed by atoms with Gasteiger partial charge < -0.3 is 14.8 Å². The lowest BCUT2D eigenvalue weighted by Crippen LogP contribution is -3.10. The highest BCUT2D eigenvalue weighted by atomic mass is 16.4. The van der Waals surface area contributed by atoms with Crippen LogP contribution in [0.4, 0.5) is 0 Å². The highest BCUT2D eigenvalue weighted by molar-refractivity contribution is 5.60. The SMILES string of the molecule is CC(=O)[O-].CCCCCCCCC[NH+]1CCC(C)C1. The van der Waals surface area contributed by atoms with Crippen LogP contribution in [0.2, 0.25) is 0 Å². The molecule has 0 amide bonds. The molecule has 0 aliphatic carbocycles. The molecule has 0 radical (unpaired) electrons. The standard InChI is InChI=1S/C14H29N.C2H4O2/c1-3-4-5-6-7-8-9-11-15-12-10-14(2)13-15;1-2(3)4/h14H,3-13H2,1-2H3;1H3,(H,3,4). The average molecular weight is 271 g/mol. The van der Waals surface area contributed by atoms with Crippen LogP contribution < -0.4 is 10.0 Å². The van der Waals surface area contributed by atoms with Crippen LogP contribution in [0, 0.1) is 5.92 Å². The third-order valence-corrected chi connectivity index (χ3v) is 3.76. The summed E-state index contributed by atoms with van der Waals surface area (Å²) in [6.45, 7) is 9.99. The van der Waals surface area contributed by atoms with Gasteiger partial charge in [-0.2, -0.15) is 0 Å². The number of aliphatic carboxylic acids is 1. The van der Waals surface area contributed by atoms with E-state index in [-0.39, 0.29) is 0 Å². The predicted octanol–water partition coefficient (Wildman–Crippen LogP) is 1.42. The first-order valence-electron chi connectivity index (χ1n) is 8.07. The van der Waals surface area contributed by atoms with Crippen LogP contribution in [0.3, 0.4) is 0 Å². The van der Waals surface area contributed by atoms with Crippen molar-refractivity contribution in [3.8, 4) is 0 Å². The average Bonchev–Trinajstić information content (AvgIpc) is 2.73. The van der Waals surface area contributed by atoms with Crippen molar-refractivity contribution in [3.63, 3.8) is 0 Å². The van der Waals surface area contributed by atoms with Gasteiger partial charge in [0.15, 0.2) is 0 Å². The first-order valence-corrected chi connectivity index (χ1v) is 8.07. The smallest absolute Gasteiger partial charge is 0.0799 e. The van der Waals surface area contributed by atoms with E-state index < -0.39 is 5.97 Å². The van der Waals surface area contributed by atoms with Crippen LogP contribution in [0.15, 0.2) is 0 Å². The van der Waals surface area contributed by atoms with Crippen molar-refractivity contribution in [1.29, 1.82) is 0 Å². The maximum atomic E-state index is 8.89. The van der Waals surface area contributed by atoms with E-state index in [0.717, 1.165) is 12.8 Å². The summed E-state index contributed by atoms with van der Waals surface area (Å²) in [5, 5.41) is 8.89. The number of carboxylic acids is 1. The van der Waals surface area contributed by atoms with E-state index in [2.05, 4.69) is 13.8 Å². The maximum absolute atomic E-state index is 8.89. The van der Waals surface area contributed by atoms with E-state index >= 15 is 0 Å². The summed E-state index contributed by atoms with van der Waals surface area (Å²) in [7, 11) is 0. The predicted molar refractivity (Wildman–Crippen MR) is 78.0 cm³/mol. The van der Waals surface area contributed by atoms with Gasteiger partial charge in [0.25, 0.3) is 0 Å². The topological polar surface area (TPSA) is 44.6 Å². The highest BCUT2D eigenvalue weighted by Gasteiger charge is 2.21. The minimum atomic E-state index is -1.08. The number of quaternary nitrogens is 1. The molecule has 0 aromatic rings. The van der Waals surface area contributed by atoms with Gasteiger partial charge in [0.05, 0.1) is 19.6 Å². The fraction of sp³-hybridized carbons (Fsp3) is 0.938. The summed E-state index contributed by atoms with van der Waals surface area (Å²) in [5.41, 5.74) is 0. The third kappa shape index (κ3) is 13.7. The molecule has 3 heteroatoms. The second-order valence-electron chi connectivity index (χ2n) is 5.96. The van der Waals surface area contributed by atoms with Crippen LogP contribution in [0.25, 0.3) is 0 Å². The fourth-order valence-corrected chi connectivity index (χ4v) is 2.71. The van der Waals surface area contributed by atoms with Crippen LogP contribution >= 0.6 is 0 Å². The lowest BCUT2D eigenvalue weighted by Gasteiger charge is -2.12. The lowest BCUT2D eigenvalue weighted by atomic mass is 10.1. The summed E-state index contributed by atoms with van der Waals surface area (Å²) in [4.78, 5) is 10.8. The monoisotopic (exact) mass is 271 g/mol. The molecule has 1 saturated heterocycles. The Hall–Kier alpha value is -0.570. The fourth-order valence-electron chi connectivity index (χ4n) is 2.71. The Balaban J connectivity index is 0.000000711. The van der Waals surface area contributed by atoms with Crippen LogP contribution in [-0.2, 0) is 4.79 Å². The van der Waals surface area contributed by atoms with E-state index in [1.165, 1.54) is 71.0 Å². The zero-order valence-corrected chi connectivity index (χ0v) is 13.2. The number of hydrogen-bond acceptors (Lipinski definition) is 2. The van der Waals surface area contributed by atoms with Crippen molar-refractivity contribution < 1.29 is 14.8 Å². The molecule has 1 heterocycles. The molecular weight excluding hydrogens is 238 g/mol. The Kier molecular flexibility index (Phi) is 12.1. The number of unbranched alkanes of at least 4 members (excludes halogenated alkanes) is 6. The van der Waals surface area contributed by atoms with Crippen molar-refractivity contribution >= 4 is 5.97 Å². The van der Waals surface area contributed by atoms with Gasteiger partial charge in [0.1, 0.15) is 0 Å². The second kappa shape index (κ2) is 12.5. The largest absolute Gasteiger partial charge is 0.550 e.